The molecule has 0 spiro atoms. The van der Waals surface area contributed by atoms with Crippen molar-refractivity contribution in [3.63, 3.8) is 0 Å². The van der Waals surface area contributed by atoms with E-state index >= 15 is 0 Å². The highest BCUT2D eigenvalue weighted by Gasteiger charge is 2.42. The van der Waals surface area contributed by atoms with Gasteiger partial charge in [-0.15, -0.1) is 0 Å². The number of amides is 1. The molecule has 3 aliphatic carbocycles. The van der Waals surface area contributed by atoms with Crippen molar-refractivity contribution in [1.29, 1.82) is 0 Å². The van der Waals surface area contributed by atoms with E-state index < -0.39 is 0 Å². The molecule has 2 saturated heterocycles. The maximum absolute atomic E-state index is 12.9. The summed E-state index contributed by atoms with van der Waals surface area (Å²) in [4.78, 5) is 12.9. The number of nitrogens with zero attached hydrogens (tertiary/aromatic N) is 1. The number of hydrogen-bond donors (Lipinski definition) is 3. The number of nitrogens with one attached hydrogen (secondary N) is 3. The summed E-state index contributed by atoms with van der Waals surface area (Å²) in [5.41, 5.74) is 6.85. The molecular weight excluding hydrogens is 424 g/mol. The van der Waals surface area contributed by atoms with Crippen molar-refractivity contribution in [2.45, 2.75) is 107 Å². The zero-order valence-corrected chi connectivity index (χ0v) is 20.2. The normalized spacial score (nSPS) is 44.5. The van der Waals surface area contributed by atoms with Crippen molar-refractivity contribution in [3.05, 3.63) is 0 Å². The largest absolute Gasteiger partial charge is 0.379 e. The van der Waals surface area contributed by atoms with E-state index in [2.05, 4.69) is 21.3 Å². The zero-order chi connectivity index (χ0) is 22.8. The van der Waals surface area contributed by atoms with Crippen LogP contribution in [0.1, 0.15) is 64.2 Å². The lowest BCUT2D eigenvalue weighted by Crippen LogP contribution is -2.54. The first-order valence-corrected chi connectivity index (χ1v) is 13.0. The second-order valence-corrected chi connectivity index (χ2v) is 10.6. The van der Waals surface area contributed by atoms with E-state index in [1.54, 1.807) is 14.2 Å². The summed E-state index contributed by atoms with van der Waals surface area (Å²) in [5, 5.41) is 5.83. The molecule has 0 aromatic rings. The Kier molecular flexibility index (Phi) is 7.86. The summed E-state index contributed by atoms with van der Waals surface area (Å²) in [6.07, 6.45) is 10.9. The minimum atomic E-state index is 0.0652. The van der Waals surface area contributed by atoms with Gasteiger partial charge in [0, 0.05) is 44.8 Å². The highest BCUT2D eigenvalue weighted by molar-refractivity contribution is 5.79. The van der Waals surface area contributed by atoms with E-state index in [4.69, 9.17) is 18.9 Å². The Morgan fingerprint density at radius 1 is 0.909 bits per heavy atom. The first-order valence-electron chi connectivity index (χ1n) is 13.0. The van der Waals surface area contributed by atoms with E-state index in [0.29, 0.717) is 24.8 Å². The molecule has 1 amide bonds. The molecule has 2 aliphatic heterocycles. The van der Waals surface area contributed by atoms with Crippen molar-refractivity contribution in [3.8, 4) is 0 Å². The van der Waals surface area contributed by atoms with Gasteiger partial charge in [0.2, 0.25) is 5.91 Å². The van der Waals surface area contributed by atoms with Gasteiger partial charge in [-0.2, -0.15) is 5.53 Å². The summed E-state index contributed by atoms with van der Waals surface area (Å²) in [6, 6.07) is 1.26. The third kappa shape index (κ3) is 5.24. The number of carbonyl (C=O) groups is 1. The Hall–Kier alpha value is -0.810. The lowest BCUT2D eigenvalue weighted by atomic mass is 9.79. The van der Waals surface area contributed by atoms with Crippen LogP contribution in [-0.4, -0.2) is 81.0 Å². The minimum Gasteiger partial charge on any atom is -0.379 e. The quantitative estimate of drug-likeness (QED) is 0.542. The number of rotatable bonds is 6. The molecule has 0 bridgehead atoms. The van der Waals surface area contributed by atoms with Crippen molar-refractivity contribution in [1.82, 2.24) is 21.3 Å². The second kappa shape index (κ2) is 10.8. The van der Waals surface area contributed by atoms with Crippen molar-refractivity contribution < 1.29 is 23.7 Å². The standard InChI is InChI=1S/C24H42N4O5/c1-30-20-9-3-15(11-22(20)31-2)19-13-25-27-28(19)18-7-5-17(6-8-18)26-24(29)16-4-10-21-23(12-16)33-14-32-21/h15-23,25,27H,3-14H2,1-2H3,(H,26,29). The molecule has 7 atom stereocenters. The van der Waals surface area contributed by atoms with E-state index in [-0.39, 0.29) is 42.3 Å². The van der Waals surface area contributed by atoms with Crippen LogP contribution in [0.3, 0.4) is 0 Å². The van der Waals surface area contributed by atoms with Gasteiger partial charge in [0.25, 0.3) is 0 Å². The Morgan fingerprint density at radius 2 is 1.70 bits per heavy atom. The molecule has 0 radical (unpaired) electrons. The average molecular weight is 467 g/mol. The van der Waals surface area contributed by atoms with Gasteiger partial charge in [0.15, 0.2) is 0 Å². The Morgan fingerprint density at radius 3 is 2.48 bits per heavy atom. The number of carbonyl (C=O) groups excluding carboxylic acids is 1. The molecule has 188 valence electrons. The molecule has 33 heavy (non-hydrogen) atoms. The molecule has 0 aromatic heterocycles. The van der Waals surface area contributed by atoms with Crippen molar-refractivity contribution in [2.75, 3.05) is 27.6 Å². The molecule has 5 aliphatic rings. The molecule has 3 N–H and O–H groups in total. The summed E-state index contributed by atoms with van der Waals surface area (Å²) in [6.45, 7) is 1.35. The van der Waals surface area contributed by atoms with Gasteiger partial charge >= 0.3 is 0 Å². The fourth-order valence-corrected chi connectivity index (χ4v) is 6.91. The summed E-state index contributed by atoms with van der Waals surface area (Å²) in [5.74, 6) is 0.875. The minimum absolute atomic E-state index is 0.0652. The summed E-state index contributed by atoms with van der Waals surface area (Å²) in [7, 11) is 3.60. The number of ether oxygens (including phenoxy) is 4. The van der Waals surface area contributed by atoms with Crippen LogP contribution in [0.15, 0.2) is 0 Å². The highest BCUT2D eigenvalue weighted by atomic mass is 16.7. The summed E-state index contributed by atoms with van der Waals surface area (Å²) < 4.78 is 22.6. The van der Waals surface area contributed by atoms with Crippen LogP contribution in [0, 0.1) is 11.8 Å². The number of methoxy groups -OCH3 is 2. The molecule has 2 heterocycles. The van der Waals surface area contributed by atoms with Crippen LogP contribution in [-0.2, 0) is 23.7 Å². The molecule has 0 aromatic carbocycles. The lowest BCUT2D eigenvalue weighted by molar-refractivity contribution is -0.128. The van der Waals surface area contributed by atoms with Gasteiger partial charge < -0.3 is 24.3 Å². The molecule has 5 fully saturated rings. The van der Waals surface area contributed by atoms with E-state index in [9.17, 15) is 4.79 Å². The third-order valence-electron chi connectivity index (χ3n) is 8.90. The van der Waals surface area contributed by atoms with Gasteiger partial charge in [0.1, 0.15) is 6.79 Å². The predicted octanol–water partition coefficient (Wildman–Crippen LogP) is 1.48. The van der Waals surface area contributed by atoms with Crippen LogP contribution in [0.4, 0.5) is 0 Å². The molecular formula is C24H42N4O5. The molecule has 9 nitrogen and oxygen atoms in total. The van der Waals surface area contributed by atoms with Gasteiger partial charge in [-0.1, -0.05) is 0 Å². The molecule has 7 unspecified atom stereocenters. The topological polar surface area (TPSA) is 93.3 Å². The van der Waals surface area contributed by atoms with E-state index in [1.165, 1.54) is 6.42 Å². The fourth-order valence-electron chi connectivity index (χ4n) is 6.91. The van der Waals surface area contributed by atoms with E-state index in [0.717, 1.165) is 64.3 Å². The van der Waals surface area contributed by atoms with Crippen LogP contribution in [0.25, 0.3) is 0 Å². The van der Waals surface area contributed by atoms with Crippen LogP contribution >= 0.6 is 0 Å². The lowest BCUT2D eigenvalue weighted by Gasteiger charge is -2.42. The van der Waals surface area contributed by atoms with Gasteiger partial charge in [0.05, 0.1) is 24.4 Å². The van der Waals surface area contributed by atoms with E-state index in [1.807, 2.05) is 0 Å². The maximum atomic E-state index is 12.9. The van der Waals surface area contributed by atoms with Crippen LogP contribution in [0.5, 0.6) is 0 Å². The average Bonchev–Trinajstić information content (AvgIpc) is 3.53. The van der Waals surface area contributed by atoms with Crippen LogP contribution in [0.2, 0.25) is 0 Å². The Bertz CT molecular complexity index is 661. The monoisotopic (exact) mass is 466 g/mol. The zero-order valence-electron chi connectivity index (χ0n) is 20.2. The number of hydrazine groups is 2. The molecule has 3 saturated carbocycles. The number of fused-ring (bicyclic) bond motifs is 1. The maximum Gasteiger partial charge on any atom is 0.223 e. The Balaban J connectivity index is 1.09. The first-order chi connectivity index (χ1) is 16.2. The molecule has 9 heteroatoms. The van der Waals surface area contributed by atoms with Crippen LogP contribution < -0.4 is 16.3 Å². The van der Waals surface area contributed by atoms with Crippen molar-refractivity contribution >= 4 is 5.91 Å². The first kappa shape index (κ1) is 23.9. The van der Waals surface area contributed by atoms with Gasteiger partial charge in [-0.25, -0.2) is 10.4 Å². The SMILES string of the molecule is COC1CCC(C2CNNN2C2CCC(NC(=O)C3CCC4OCOC4C3)CC2)CC1OC. The Labute approximate surface area is 197 Å². The fraction of sp³-hybridized carbons (Fsp3) is 0.958. The van der Waals surface area contributed by atoms with Gasteiger partial charge in [-0.3, -0.25) is 4.79 Å². The smallest absolute Gasteiger partial charge is 0.223 e. The second-order valence-electron chi connectivity index (χ2n) is 10.6. The van der Waals surface area contributed by atoms with Crippen molar-refractivity contribution in [2.24, 2.45) is 11.8 Å². The molecule has 5 rings (SSSR count). The predicted molar refractivity (Wildman–Crippen MR) is 122 cm³/mol. The number of hydrogen-bond acceptors (Lipinski definition) is 8. The highest BCUT2D eigenvalue weighted by Crippen LogP contribution is 2.36. The van der Waals surface area contributed by atoms with Gasteiger partial charge in [-0.05, 0) is 70.1 Å². The third-order valence-corrected chi connectivity index (χ3v) is 8.90. The summed E-state index contributed by atoms with van der Waals surface area (Å²) >= 11 is 0.